The van der Waals surface area contributed by atoms with E-state index in [1.807, 2.05) is 0 Å². The second kappa shape index (κ2) is 19.0. The maximum atomic E-state index is 15.4. The Morgan fingerprint density at radius 1 is 0.582 bits per heavy atom. The van der Waals surface area contributed by atoms with Crippen LogP contribution in [0.4, 0.5) is 0 Å². The van der Waals surface area contributed by atoms with Crippen molar-refractivity contribution < 1.29 is 65.9 Å². The van der Waals surface area contributed by atoms with Crippen LogP contribution in [-0.2, 0) is 37.9 Å². The summed E-state index contributed by atoms with van der Waals surface area (Å²) in [5.41, 5.74) is -3.18. The molecule has 0 spiro atoms. The number of carbonyl (C=O) groups excluding carboxylic acids is 1. The Morgan fingerprint density at radius 2 is 0.891 bits per heavy atom. The van der Waals surface area contributed by atoms with Crippen molar-refractivity contribution in [2.75, 3.05) is 64.2 Å². The Morgan fingerprint density at radius 3 is 1.16 bits per heavy atom. The second-order valence-electron chi connectivity index (χ2n) is 13.6. The molecule has 3 aromatic rings. The van der Waals surface area contributed by atoms with E-state index in [2.05, 4.69) is 0 Å². The zero-order chi connectivity index (χ0) is 41.4. The molecule has 0 heterocycles. The average Bonchev–Trinajstić information content (AvgIpc) is 3.16. The third-order valence-corrected chi connectivity index (χ3v) is 14.6. The first-order valence-corrected chi connectivity index (χ1v) is 22.1. The van der Waals surface area contributed by atoms with Crippen molar-refractivity contribution in [2.45, 2.75) is 44.9 Å². The lowest BCUT2D eigenvalue weighted by molar-refractivity contribution is -0.0505. The molecule has 55 heavy (non-hydrogen) atoms. The first kappa shape index (κ1) is 46.4. The number of hydrogen-bond donors (Lipinski definition) is 8. The van der Waals surface area contributed by atoms with Crippen LogP contribution in [0.25, 0.3) is 0 Å². The Kier molecular flexibility index (Phi) is 16.0. The fourth-order valence-corrected chi connectivity index (χ4v) is 10.1. The third-order valence-electron chi connectivity index (χ3n) is 10.3. The highest BCUT2D eigenvalue weighted by atomic mass is 32.2. The predicted molar refractivity (Wildman–Crippen MR) is 206 cm³/mol. The van der Waals surface area contributed by atoms with Crippen LogP contribution in [0.5, 0.6) is 0 Å². The number of hydrogen-bond acceptors (Lipinski definition) is 14. The molecule has 3 aromatic carbocycles. The SMILES string of the molecule is Cc1c(CN(CCS(=O)(=O)O)C(CO)(CO)CO)c(C)c(C(=O)P(=O)(c2ccccc2)c2ccccc2)c(C)c1CN(CCS(=O)(=O)O)C(CO)(CO)CO. The fourth-order valence-electron chi connectivity index (χ4n) is 6.64. The lowest BCUT2D eigenvalue weighted by atomic mass is 9.86. The van der Waals surface area contributed by atoms with Crippen LogP contribution in [-0.4, -0.2) is 147 Å². The number of aliphatic hydroxyl groups is 6. The van der Waals surface area contributed by atoms with Crippen molar-refractivity contribution in [3.05, 3.63) is 94.0 Å². The summed E-state index contributed by atoms with van der Waals surface area (Å²) in [6, 6.07) is 16.1. The minimum absolute atomic E-state index is 0.0544. The summed E-state index contributed by atoms with van der Waals surface area (Å²) in [6.07, 6.45) is 0. The van der Waals surface area contributed by atoms with Gasteiger partial charge in [-0.05, 0) is 48.6 Å². The second-order valence-corrected chi connectivity index (χ2v) is 19.4. The van der Waals surface area contributed by atoms with E-state index in [1.54, 1.807) is 81.4 Å². The smallest absolute Gasteiger partial charge is 0.266 e. The summed E-state index contributed by atoms with van der Waals surface area (Å²) in [5, 5.41) is 62.8. The normalized spacial score (nSPS) is 13.2. The van der Waals surface area contributed by atoms with E-state index < -0.39 is 108 Å². The van der Waals surface area contributed by atoms with E-state index in [-0.39, 0.29) is 51.5 Å². The van der Waals surface area contributed by atoms with E-state index in [0.29, 0.717) is 5.56 Å². The summed E-state index contributed by atoms with van der Waals surface area (Å²) in [4.78, 5) is 17.6. The summed E-state index contributed by atoms with van der Waals surface area (Å²) in [5.74, 6) is -1.77. The molecule has 0 aromatic heterocycles. The van der Waals surface area contributed by atoms with E-state index in [0.717, 1.165) is 0 Å². The molecule has 8 N–H and O–H groups in total. The molecule has 0 saturated heterocycles. The summed E-state index contributed by atoms with van der Waals surface area (Å²) in [6.45, 7) is -2.33. The van der Waals surface area contributed by atoms with Gasteiger partial charge in [-0.1, -0.05) is 60.7 Å². The van der Waals surface area contributed by atoms with Crippen LogP contribution in [0.3, 0.4) is 0 Å². The molecule has 0 saturated carbocycles. The lowest BCUT2D eigenvalue weighted by Crippen LogP contribution is -2.58. The van der Waals surface area contributed by atoms with Crippen molar-refractivity contribution in [3.8, 4) is 0 Å². The quantitative estimate of drug-likeness (QED) is 0.0472. The van der Waals surface area contributed by atoms with E-state index in [4.69, 9.17) is 0 Å². The van der Waals surface area contributed by atoms with Crippen LogP contribution in [0.2, 0.25) is 0 Å². The van der Waals surface area contributed by atoms with Gasteiger partial charge in [-0.15, -0.1) is 0 Å². The van der Waals surface area contributed by atoms with Gasteiger partial charge in [0.25, 0.3) is 20.2 Å². The maximum Gasteiger partial charge on any atom is 0.266 e. The third kappa shape index (κ3) is 10.3. The van der Waals surface area contributed by atoms with Gasteiger partial charge in [-0.25, -0.2) is 0 Å². The summed E-state index contributed by atoms with van der Waals surface area (Å²) in [7, 11) is -13.5. The van der Waals surface area contributed by atoms with Gasteiger partial charge in [-0.2, -0.15) is 16.8 Å². The van der Waals surface area contributed by atoms with Gasteiger partial charge in [0.05, 0.1) is 62.2 Å². The molecule has 0 unspecified atom stereocenters. The molecule has 0 fully saturated rings. The zero-order valence-electron chi connectivity index (χ0n) is 30.9. The van der Waals surface area contributed by atoms with Crippen LogP contribution < -0.4 is 10.6 Å². The number of aliphatic hydroxyl groups excluding tert-OH is 6. The van der Waals surface area contributed by atoms with Crippen LogP contribution in [0.15, 0.2) is 60.7 Å². The molecule has 0 aliphatic carbocycles. The van der Waals surface area contributed by atoms with Crippen LogP contribution >= 0.6 is 7.14 Å². The maximum absolute atomic E-state index is 15.4. The molecule has 0 bridgehead atoms. The Balaban J connectivity index is 2.50. The van der Waals surface area contributed by atoms with Crippen LogP contribution in [0, 0.1) is 20.8 Å². The number of nitrogens with zero attached hydrogens (tertiary/aromatic N) is 2. The van der Waals surface area contributed by atoms with E-state index in [9.17, 15) is 56.6 Å². The summed E-state index contributed by atoms with van der Waals surface area (Å²) < 4.78 is 82.3. The molecule has 0 radical (unpaired) electrons. The zero-order valence-corrected chi connectivity index (χ0v) is 33.5. The lowest BCUT2D eigenvalue weighted by Gasteiger charge is -2.42. The van der Waals surface area contributed by atoms with Gasteiger partial charge in [0.15, 0.2) is 0 Å². The standard InChI is InChI=1S/C36H51N2O14PS2/c1-26-31(18-37(14-16-54(47,48)49)35(20-39,21-40)22-41)27(2)33(34(45)53(46,29-10-6-4-7-11-29)30-12-8-5-9-13-30)28(3)32(26)19-38(15-17-55(50,51)52)36(23-42,24-43)25-44/h4-13,39-44H,14-25H2,1-3H3,(H,47,48,49)(H,50,51,52). The van der Waals surface area contributed by atoms with Gasteiger partial charge in [0.1, 0.15) is 0 Å². The van der Waals surface area contributed by atoms with Gasteiger partial charge in [0.2, 0.25) is 12.7 Å². The van der Waals surface area contributed by atoms with Gasteiger partial charge in [-0.3, -0.25) is 23.7 Å². The number of carbonyl (C=O) groups is 1. The van der Waals surface area contributed by atoms with Gasteiger partial charge in [0, 0.05) is 42.4 Å². The minimum Gasteiger partial charge on any atom is -0.394 e. The van der Waals surface area contributed by atoms with E-state index >= 15 is 9.36 Å². The number of rotatable bonds is 22. The Hall–Kier alpha value is -2.94. The van der Waals surface area contributed by atoms with Crippen molar-refractivity contribution in [2.24, 2.45) is 0 Å². The Bertz CT molecular complexity index is 1890. The predicted octanol–water partition coefficient (Wildman–Crippen LogP) is -0.423. The van der Waals surface area contributed by atoms with Crippen LogP contribution in [0.1, 0.15) is 38.2 Å². The molecule has 16 nitrogen and oxygen atoms in total. The van der Waals surface area contributed by atoms with Crippen molar-refractivity contribution in [1.29, 1.82) is 0 Å². The topological polar surface area (TPSA) is 271 Å². The molecular formula is C36H51N2O14PS2. The highest BCUT2D eigenvalue weighted by molar-refractivity contribution is 7.93. The fraction of sp³-hybridized carbons (Fsp3) is 0.472. The van der Waals surface area contributed by atoms with Crippen molar-refractivity contribution >= 4 is 43.5 Å². The van der Waals surface area contributed by atoms with Gasteiger partial charge >= 0.3 is 0 Å². The number of benzene rings is 3. The monoisotopic (exact) mass is 830 g/mol. The van der Waals surface area contributed by atoms with Crippen molar-refractivity contribution in [1.82, 2.24) is 9.80 Å². The highest BCUT2D eigenvalue weighted by Gasteiger charge is 2.42. The van der Waals surface area contributed by atoms with Crippen molar-refractivity contribution in [3.63, 3.8) is 0 Å². The molecule has 306 valence electrons. The largest absolute Gasteiger partial charge is 0.394 e. The molecular weight excluding hydrogens is 780 g/mol. The average molecular weight is 831 g/mol. The Labute approximate surface area is 321 Å². The molecule has 3 rings (SSSR count). The molecule has 19 heteroatoms. The first-order chi connectivity index (χ1) is 25.7. The molecule has 0 aliphatic rings. The van der Waals surface area contributed by atoms with E-state index in [1.165, 1.54) is 9.80 Å². The highest BCUT2D eigenvalue weighted by Crippen LogP contribution is 2.49. The van der Waals surface area contributed by atoms with Gasteiger partial charge < -0.3 is 35.2 Å². The first-order valence-electron chi connectivity index (χ1n) is 17.2. The molecule has 0 atom stereocenters. The summed E-state index contributed by atoms with van der Waals surface area (Å²) >= 11 is 0. The minimum atomic E-state index is -4.62. The molecule has 0 aliphatic heterocycles. The molecule has 0 amide bonds.